The van der Waals surface area contributed by atoms with Crippen LogP contribution in [0.25, 0.3) is 11.0 Å². The van der Waals surface area contributed by atoms with Gasteiger partial charge in [0.2, 0.25) is 0 Å². The van der Waals surface area contributed by atoms with Crippen LogP contribution >= 0.6 is 0 Å². The van der Waals surface area contributed by atoms with Gasteiger partial charge in [-0.2, -0.15) is 0 Å². The molecule has 0 bridgehead atoms. The molecule has 1 saturated heterocycles. The molecule has 1 N–H and O–H groups in total. The highest BCUT2D eigenvalue weighted by atomic mass is 19.1. The van der Waals surface area contributed by atoms with Crippen molar-refractivity contribution in [1.82, 2.24) is 14.9 Å². The Hall–Kier alpha value is -4.29. The van der Waals surface area contributed by atoms with Crippen LogP contribution in [0.2, 0.25) is 0 Å². The van der Waals surface area contributed by atoms with Crippen LogP contribution in [0.4, 0.5) is 15.8 Å². The van der Waals surface area contributed by atoms with E-state index < -0.39 is 0 Å². The van der Waals surface area contributed by atoms with Gasteiger partial charge in [-0.15, -0.1) is 0 Å². The number of nitrogens with one attached hydrogen (secondary N) is 1. The molecule has 2 aliphatic rings. The molecule has 0 amide bonds. The molecule has 39 heavy (non-hydrogen) atoms. The number of rotatable bonds is 5. The number of anilines is 1. The predicted octanol–water partition coefficient (Wildman–Crippen LogP) is 7.18. The molecule has 4 aromatic carbocycles. The lowest BCUT2D eigenvalue weighted by molar-refractivity contribution is 0.202. The second-order valence-corrected chi connectivity index (χ2v) is 10.5. The van der Waals surface area contributed by atoms with Crippen LogP contribution < -0.4 is 4.90 Å². The average molecular weight is 516 g/mol. The van der Waals surface area contributed by atoms with Gasteiger partial charge in [-0.3, -0.25) is 4.90 Å². The first-order chi connectivity index (χ1) is 19.2. The third kappa shape index (κ3) is 4.84. The van der Waals surface area contributed by atoms with Crippen LogP contribution in [0.3, 0.4) is 0 Å². The predicted molar refractivity (Wildman–Crippen MR) is 155 cm³/mol. The van der Waals surface area contributed by atoms with Gasteiger partial charge in [0.1, 0.15) is 17.5 Å². The van der Waals surface area contributed by atoms with Crippen LogP contribution in [0.1, 0.15) is 41.3 Å². The van der Waals surface area contributed by atoms with Crippen LogP contribution in [0, 0.1) is 5.82 Å². The van der Waals surface area contributed by atoms with Crippen molar-refractivity contribution in [3.63, 3.8) is 0 Å². The first-order valence-corrected chi connectivity index (χ1v) is 13.7. The van der Waals surface area contributed by atoms with Gasteiger partial charge in [0.15, 0.2) is 0 Å². The minimum absolute atomic E-state index is 0.230. The van der Waals surface area contributed by atoms with Crippen molar-refractivity contribution in [1.29, 1.82) is 0 Å². The summed E-state index contributed by atoms with van der Waals surface area (Å²) in [6, 6.07) is 32.1. The maximum atomic E-state index is 14.0. The molecule has 3 heterocycles. The molecule has 0 unspecified atom stereocenters. The molecule has 1 fully saturated rings. The molecule has 0 radical (unpaired) electrons. The van der Waals surface area contributed by atoms with Gasteiger partial charge >= 0.3 is 0 Å². The van der Waals surface area contributed by atoms with Gasteiger partial charge in [-0.1, -0.05) is 54.6 Å². The van der Waals surface area contributed by atoms with Crippen molar-refractivity contribution in [3.8, 4) is 0 Å². The number of amidine groups is 1. The van der Waals surface area contributed by atoms with Gasteiger partial charge in [0, 0.05) is 29.3 Å². The average Bonchev–Trinajstić information content (AvgIpc) is 3.42. The number of para-hydroxylation sites is 3. The van der Waals surface area contributed by atoms with E-state index in [-0.39, 0.29) is 5.82 Å². The summed E-state index contributed by atoms with van der Waals surface area (Å²) in [6.45, 7) is 3.64. The second-order valence-electron chi connectivity index (χ2n) is 10.5. The number of imidazole rings is 1. The number of fused-ring (bicyclic) bond motifs is 2. The normalized spacial score (nSPS) is 16.3. The van der Waals surface area contributed by atoms with Crippen molar-refractivity contribution < 1.29 is 4.39 Å². The monoisotopic (exact) mass is 515 g/mol. The Bertz CT molecular complexity index is 1600. The lowest BCUT2D eigenvalue weighted by Gasteiger charge is -2.32. The fraction of sp³-hybridized carbons (Fsp3) is 0.212. The zero-order valence-corrected chi connectivity index (χ0v) is 21.7. The van der Waals surface area contributed by atoms with E-state index in [0.29, 0.717) is 12.5 Å². The minimum Gasteiger partial charge on any atom is -0.342 e. The summed E-state index contributed by atoms with van der Waals surface area (Å²) in [4.78, 5) is 18.0. The van der Waals surface area contributed by atoms with Crippen LogP contribution in [-0.4, -0.2) is 33.8 Å². The fourth-order valence-corrected chi connectivity index (χ4v) is 5.80. The standard InChI is InChI=1S/C33H30FN5/c34-27-14-15-29-26(20-27)22-39(28-6-2-1-3-7-28)33(37-29)25-12-10-23(11-13-25)21-38-18-16-24(17-19-38)32-35-30-8-4-5-9-31(30)36-32/h1-15,20,24H,16-19,21-22H2,(H,35,36). The Morgan fingerprint density at radius 1 is 0.846 bits per heavy atom. The quantitative estimate of drug-likeness (QED) is 0.270. The van der Waals surface area contributed by atoms with Gasteiger partial charge in [-0.05, 0) is 74.0 Å². The molecule has 2 aliphatic heterocycles. The molecule has 1 aromatic heterocycles. The van der Waals surface area contributed by atoms with E-state index in [1.165, 1.54) is 11.6 Å². The molecule has 7 rings (SSSR count). The van der Waals surface area contributed by atoms with Crippen LogP contribution in [-0.2, 0) is 13.1 Å². The van der Waals surface area contributed by atoms with Crippen molar-refractivity contribution in [2.24, 2.45) is 4.99 Å². The number of hydrogen-bond donors (Lipinski definition) is 1. The summed E-state index contributed by atoms with van der Waals surface area (Å²) in [5.74, 6) is 2.27. The highest BCUT2D eigenvalue weighted by Gasteiger charge is 2.25. The molecule has 0 aliphatic carbocycles. The largest absolute Gasteiger partial charge is 0.342 e. The summed E-state index contributed by atoms with van der Waals surface area (Å²) >= 11 is 0. The van der Waals surface area contributed by atoms with E-state index in [0.717, 1.165) is 77.7 Å². The first-order valence-electron chi connectivity index (χ1n) is 13.7. The third-order valence-electron chi connectivity index (χ3n) is 7.92. The zero-order chi connectivity index (χ0) is 26.2. The molecule has 0 atom stereocenters. The number of aromatic amines is 1. The van der Waals surface area contributed by atoms with Crippen LogP contribution in [0.5, 0.6) is 0 Å². The van der Waals surface area contributed by atoms with Crippen LogP contribution in [0.15, 0.2) is 102 Å². The van der Waals surface area contributed by atoms with E-state index >= 15 is 0 Å². The second kappa shape index (κ2) is 10.1. The molecular formula is C33H30FN5. The summed E-state index contributed by atoms with van der Waals surface area (Å²) in [5, 5.41) is 0. The van der Waals surface area contributed by atoms with Crippen molar-refractivity contribution in [2.75, 3.05) is 18.0 Å². The number of aliphatic imine (C=N–C) groups is 1. The zero-order valence-electron chi connectivity index (χ0n) is 21.7. The van der Waals surface area contributed by atoms with Crippen molar-refractivity contribution in [3.05, 3.63) is 125 Å². The molecule has 0 saturated carbocycles. The summed E-state index contributed by atoms with van der Waals surface area (Å²) < 4.78 is 14.0. The van der Waals surface area contributed by atoms with Gasteiger partial charge in [0.25, 0.3) is 0 Å². The lowest BCUT2D eigenvalue weighted by Crippen LogP contribution is -2.34. The molecular weight excluding hydrogens is 485 g/mol. The smallest absolute Gasteiger partial charge is 0.141 e. The molecule has 5 nitrogen and oxygen atoms in total. The van der Waals surface area contributed by atoms with E-state index in [4.69, 9.17) is 9.98 Å². The number of benzene rings is 4. The first kappa shape index (κ1) is 23.8. The summed E-state index contributed by atoms with van der Waals surface area (Å²) in [5.41, 5.74) is 7.30. The number of nitrogens with zero attached hydrogens (tertiary/aromatic N) is 4. The van der Waals surface area contributed by atoms with Crippen molar-refractivity contribution >= 4 is 28.2 Å². The number of likely N-dealkylation sites (tertiary alicyclic amines) is 1. The lowest BCUT2D eigenvalue weighted by atomic mass is 9.95. The number of halogens is 1. The van der Waals surface area contributed by atoms with E-state index in [1.54, 1.807) is 12.1 Å². The third-order valence-corrected chi connectivity index (χ3v) is 7.92. The SMILES string of the molecule is Fc1ccc2c(c1)CN(c1ccccc1)C(c1ccc(CN3CCC(c4nc5ccccc5[nH]4)CC3)cc1)=N2. The summed E-state index contributed by atoms with van der Waals surface area (Å²) in [6.07, 6.45) is 2.22. The highest BCUT2D eigenvalue weighted by molar-refractivity contribution is 6.12. The molecule has 5 aromatic rings. The number of piperidine rings is 1. The molecule has 194 valence electrons. The Labute approximate surface area is 227 Å². The summed E-state index contributed by atoms with van der Waals surface area (Å²) in [7, 11) is 0. The fourth-order valence-electron chi connectivity index (χ4n) is 5.80. The Balaban J connectivity index is 1.06. The van der Waals surface area contributed by atoms with E-state index in [1.807, 2.05) is 24.3 Å². The molecule has 6 heteroatoms. The van der Waals surface area contributed by atoms with E-state index in [9.17, 15) is 4.39 Å². The van der Waals surface area contributed by atoms with Crippen molar-refractivity contribution in [2.45, 2.75) is 31.8 Å². The molecule has 0 spiro atoms. The minimum atomic E-state index is -0.230. The number of H-pyrrole nitrogens is 1. The highest BCUT2D eigenvalue weighted by Crippen LogP contribution is 2.33. The van der Waals surface area contributed by atoms with Gasteiger partial charge in [0.05, 0.1) is 23.3 Å². The number of aromatic nitrogens is 2. The van der Waals surface area contributed by atoms with Gasteiger partial charge < -0.3 is 9.88 Å². The Morgan fingerprint density at radius 3 is 2.41 bits per heavy atom. The van der Waals surface area contributed by atoms with E-state index in [2.05, 4.69) is 69.4 Å². The maximum absolute atomic E-state index is 14.0. The number of hydrogen-bond acceptors (Lipinski definition) is 4. The maximum Gasteiger partial charge on any atom is 0.141 e. The topological polar surface area (TPSA) is 47.5 Å². The Kier molecular flexibility index (Phi) is 6.17. The van der Waals surface area contributed by atoms with Gasteiger partial charge in [-0.25, -0.2) is 14.4 Å². The Morgan fingerprint density at radius 2 is 1.62 bits per heavy atom.